The van der Waals surface area contributed by atoms with Crippen LogP contribution < -0.4 is 5.32 Å². The van der Waals surface area contributed by atoms with Gasteiger partial charge in [0.1, 0.15) is 0 Å². The van der Waals surface area contributed by atoms with Gasteiger partial charge in [-0.2, -0.15) is 0 Å². The molecule has 0 aliphatic heterocycles. The summed E-state index contributed by atoms with van der Waals surface area (Å²) in [6.07, 6.45) is 4.02. The van der Waals surface area contributed by atoms with Gasteiger partial charge >= 0.3 is 0 Å². The molecular formula is C11H21NO2. The maximum atomic E-state index is 11.3. The zero-order valence-electron chi connectivity index (χ0n) is 9.12. The average molecular weight is 199 g/mol. The van der Waals surface area contributed by atoms with Crippen LogP contribution in [-0.4, -0.2) is 23.7 Å². The Hall–Kier alpha value is -0.570. The molecule has 0 bridgehead atoms. The Morgan fingerprint density at radius 3 is 2.64 bits per heavy atom. The third-order valence-electron chi connectivity index (χ3n) is 2.93. The van der Waals surface area contributed by atoms with E-state index in [9.17, 15) is 9.90 Å². The van der Waals surface area contributed by atoms with Crippen molar-refractivity contribution in [2.45, 2.75) is 45.6 Å². The fourth-order valence-electron chi connectivity index (χ4n) is 1.86. The van der Waals surface area contributed by atoms with E-state index in [1.54, 1.807) is 0 Å². The van der Waals surface area contributed by atoms with Crippen molar-refractivity contribution in [2.75, 3.05) is 6.54 Å². The molecule has 14 heavy (non-hydrogen) atoms. The van der Waals surface area contributed by atoms with Crippen molar-refractivity contribution >= 4 is 5.91 Å². The van der Waals surface area contributed by atoms with Gasteiger partial charge in [0.05, 0.1) is 6.10 Å². The third-order valence-corrected chi connectivity index (χ3v) is 2.93. The summed E-state index contributed by atoms with van der Waals surface area (Å²) in [5.74, 6) is 0.393. The van der Waals surface area contributed by atoms with Gasteiger partial charge in [-0.05, 0) is 12.8 Å². The average Bonchev–Trinajstić information content (AvgIpc) is 2.16. The van der Waals surface area contributed by atoms with Crippen molar-refractivity contribution in [2.24, 2.45) is 11.8 Å². The second kappa shape index (κ2) is 5.35. The van der Waals surface area contributed by atoms with E-state index in [2.05, 4.69) is 5.32 Å². The Bertz CT molecular complexity index is 192. The minimum Gasteiger partial charge on any atom is -0.393 e. The minimum atomic E-state index is -0.212. The summed E-state index contributed by atoms with van der Waals surface area (Å²) < 4.78 is 0. The van der Waals surface area contributed by atoms with Crippen LogP contribution in [0.15, 0.2) is 0 Å². The van der Waals surface area contributed by atoms with E-state index in [4.69, 9.17) is 0 Å². The zero-order valence-corrected chi connectivity index (χ0v) is 9.12. The molecule has 0 aromatic rings. The van der Waals surface area contributed by atoms with Gasteiger partial charge in [-0.3, -0.25) is 4.79 Å². The molecule has 1 aliphatic carbocycles. The number of aliphatic hydroxyl groups excluding tert-OH is 1. The predicted molar refractivity (Wildman–Crippen MR) is 55.8 cm³/mol. The summed E-state index contributed by atoms with van der Waals surface area (Å²) in [4.78, 5) is 11.3. The van der Waals surface area contributed by atoms with E-state index in [1.807, 2.05) is 13.8 Å². The highest BCUT2D eigenvalue weighted by atomic mass is 16.3. The van der Waals surface area contributed by atoms with Gasteiger partial charge < -0.3 is 10.4 Å². The van der Waals surface area contributed by atoms with Crippen LogP contribution in [0.1, 0.15) is 39.5 Å². The fourth-order valence-corrected chi connectivity index (χ4v) is 1.86. The summed E-state index contributed by atoms with van der Waals surface area (Å²) in [6, 6.07) is 0. The Labute approximate surface area is 85.9 Å². The number of hydrogen-bond donors (Lipinski definition) is 2. The third kappa shape index (κ3) is 3.29. The zero-order chi connectivity index (χ0) is 10.6. The molecule has 2 atom stereocenters. The lowest BCUT2D eigenvalue weighted by molar-refractivity contribution is -0.124. The van der Waals surface area contributed by atoms with Crippen molar-refractivity contribution < 1.29 is 9.90 Å². The first-order chi connectivity index (χ1) is 6.61. The summed E-state index contributed by atoms with van der Waals surface area (Å²) in [7, 11) is 0. The molecular weight excluding hydrogens is 178 g/mol. The van der Waals surface area contributed by atoms with Gasteiger partial charge in [0.15, 0.2) is 0 Å². The van der Waals surface area contributed by atoms with Crippen molar-refractivity contribution in [3.8, 4) is 0 Å². The van der Waals surface area contributed by atoms with Gasteiger partial charge in [-0.1, -0.05) is 26.7 Å². The summed E-state index contributed by atoms with van der Waals surface area (Å²) in [5, 5.41) is 12.6. The van der Waals surface area contributed by atoms with Crippen LogP contribution in [0.2, 0.25) is 0 Å². The normalized spacial score (nSPS) is 27.7. The first-order valence-electron chi connectivity index (χ1n) is 5.57. The van der Waals surface area contributed by atoms with Gasteiger partial charge in [0.2, 0.25) is 5.91 Å². The first-order valence-corrected chi connectivity index (χ1v) is 5.57. The SMILES string of the molecule is CC(C)C(=O)NCC1CCCC[C@@H]1O. The molecule has 0 heterocycles. The molecule has 1 unspecified atom stereocenters. The van der Waals surface area contributed by atoms with Crippen molar-refractivity contribution in [3.63, 3.8) is 0 Å². The van der Waals surface area contributed by atoms with E-state index in [1.165, 1.54) is 6.42 Å². The summed E-state index contributed by atoms with van der Waals surface area (Å²) in [5.41, 5.74) is 0. The number of hydrogen-bond acceptors (Lipinski definition) is 2. The van der Waals surface area contributed by atoms with Crippen molar-refractivity contribution in [1.29, 1.82) is 0 Å². The van der Waals surface area contributed by atoms with Crippen LogP contribution in [0.5, 0.6) is 0 Å². The number of carbonyl (C=O) groups is 1. The highest BCUT2D eigenvalue weighted by Crippen LogP contribution is 2.23. The highest BCUT2D eigenvalue weighted by molar-refractivity contribution is 5.77. The number of carbonyl (C=O) groups excluding carboxylic acids is 1. The molecule has 0 saturated heterocycles. The molecule has 82 valence electrons. The molecule has 0 radical (unpaired) electrons. The van der Waals surface area contributed by atoms with Crippen LogP contribution >= 0.6 is 0 Å². The van der Waals surface area contributed by atoms with E-state index < -0.39 is 0 Å². The van der Waals surface area contributed by atoms with Crippen LogP contribution in [0.4, 0.5) is 0 Å². The molecule has 1 saturated carbocycles. The van der Waals surface area contributed by atoms with Gasteiger partial charge in [-0.25, -0.2) is 0 Å². The van der Waals surface area contributed by atoms with E-state index in [0.717, 1.165) is 19.3 Å². The topological polar surface area (TPSA) is 49.3 Å². The number of nitrogens with one attached hydrogen (secondary N) is 1. The highest BCUT2D eigenvalue weighted by Gasteiger charge is 2.23. The van der Waals surface area contributed by atoms with Gasteiger partial charge in [-0.15, -0.1) is 0 Å². The molecule has 1 fully saturated rings. The largest absolute Gasteiger partial charge is 0.393 e. The maximum absolute atomic E-state index is 11.3. The smallest absolute Gasteiger partial charge is 0.222 e. The summed E-state index contributed by atoms with van der Waals surface area (Å²) in [6.45, 7) is 4.40. The Morgan fingerprint density at radius 2 is 2.07 bits per heavy atom. The fraction of sp³-hybridized carbons (Fsp3) is 0.909. The van der Waals surface area contributed by atoms with Crippen molar-refractivity contribution in [3.05, 3.63) is 0 Å². The monoisotopic (exact) mass is 199 g/mol. The Balaban J connectivity index is 2.26. The number of aliphatic hydroxyl groups is 1. The lowest BCUT2D eigenvalue weighted by Gasteiger charge is -2.27. The predicted octanol–water partition coefficient (Wildman–Crippen LogP) is 1.31. The quantitative estimate of drug-likeness (QED) is 0.720. The molecule has 0 spiro atoms. The molecule has 3 heteroatoms. The molecule has 0 aromatic carbocycles. The van der Waals surface area contributed by atoms with Gasteiger partial charge in [0.25, 0.3) is 0 Å². The standard InChI is InChI=1S/C11H21NO2/c1-8(2)11(14)12-7-9-5-3-4-6-10(9)13/h8-10,13H,3-7H2,1-2H3,(H,12,14)/t9?,10-/m0/s1. The van der Waals surface area contributed by atoms with E-state index >= 15 is 0 Å². The number of rotatable bonds is 3. The van der Waals surface area contributed by atoms with Crippen LogP contribution in [0.3, 0.4) is 0 Å². The second-order valence-corrected chi connectivity index (χ2v) is 4.51. The minimum absolute atomic E-state index is 0.0377. The molecule has 3 nitrogen and oxygen atoms in total. The van der Waals surface area contributed by atoms with Gasteiger partial charge in [0, 0.05) is 18.4 Å². The maximum Gasteiger partial charge on any atom is 0.222 e. The van der Waals surface area contributed by atoms with E-state index in [-0.39, 0.29) is 23.8 Å². The van der Waals surface area contributed by atoms with Crippen molar-refractivity contribution in [1.82, 2.24) is 5.32 Å². The van der Waals surface area contributed by atoms with E-state index in [0.29, 0.717) is 6.54 Å². The van der Waals surface area contributed by atoms with Crippen LogP contribution in [-0.2, 0) is 4.79 Å². The lowest BCUT2D eigenvalue weighted by atomic mass is 9.86. The Kier molecular flexibility index (Phi) is 4.39. The molecule has 2 N–H and O–H groups in total. The molecule has 0 aromatic heterocycles. The summed E-state index contributed by atoms with van der Waals surface area (Å²) >= 11 is 0. The lowest BCUT2D eigenvalue weighted by Crippen LogP contribution is -2.38. The molecule has 1 aliphatic rings. The molecule has 1 amide bonds. The Morgan fingerprint density at radius 1 is 1.43 bits per heavy atom. The molecule has 1 rings (SSSR count). The van der Waals surface area contributed by atoms with Crippen LogP contribution in [0, 0.1) is 11.8 Å². The number of amides is 1. The first kappa shape index (κ1) is 11.5. The van der Waals surface area contributed by atoms with Crippen LogP contribution in [0.25, 0.3) is 0 Å². The second-order valence-electron chi connectivity index (χ2n) is 4.51.